The molecule has 1 aromatic carbocycles. The van der Waals surface area contributed by atoms with E-state index >= 15 is 0 Å². The van der Waals surface area contributed by atoms with Crippen molar-refractivity contribution in [2.24, 2.45) is 12.8 Å². The second-order valence-corrected chi connectivity index (χ2v) is 4.52. The van der Waals surface area contributed by atoms with Crippen molar-refractivity contribution in [3.8, 4) is 0 Å². The third kappa shape index (κ3) is 1.02. The fourth-order valence-electron chi connectivity index (χ4n) is 2.31. The molecule has 2 nitrogen and oxygen atoms in total. The molecule has 1 aliphatic carbocycles. The van der Waals surface area contributed by atoms with E-state index in [4.69, 9.17) is 5.73 Å². The number of alkyl halides is 2. The van der Waals surface area contributed by atoms with Crippen LogP contribution in [-0.4, -0.2) is 10.5 Å². The maximum absolute atomic E-state index is 13.3. The van der Waals surface area contributed by atoms with E-state index in [0.29, 0.717) is 5.56 Å². The van der Waals surface area contributed by atoms with E-state index in [1.54, 1.807) is 12.1 Å². The van der Waals surface area contributed by atoms with Crippen LogP contribution in [0.2, 0.25) is 0 Å². The van der Waals surface area contributed by atoms with Crippen LogP contribution in [0.25, 0.3) is 10.9 Å². The molecule has 84 valence electrons. The summed E-state index contributed by atoms with van der Waals surface area (Å²) in [6, 6.07) is 7.29. The van der Waals surface area contributed by atoms with Crippen molar-refractivity contribution in [2.45, 2.75) is 17.9 Å². The largest absolute Gasteiger partial charge is 0.350 e. The molecule has 2 aromatic rings. The number of hydrogen-bond acceptors (Lipinski definition) is 1. The van der Waals surface area contributed by atoms with E-state index in [0.717, 1.165) is 10.9 Å². The van der Waals surface area contributed by atoms with E-state index in [-0.39, 0.29) is 6.42 Å². The maximum Gasteiger partial charge on any atom is 0.272 e. The minimum absolute atomic E-state index is 0.260. The summed E-state index contributed by atoms with van der Waals surface area (Å²) in [5, 5.41) is 0.951. The van der Waals surface area contributed by atoms with Gasteiger partial charge in [0.2, 0.25) is 0 Å². The monoisotopic (exact) mass is 222 g/mol. The number of rotatable bonds is 1. The van der Waals surface area contributed by atoms with Gasteiger partial charge in [0.25, 0.3) is 5.92 Å². The van der Waals surface area contributed by atoms with Gasteiger partial charge in [0.1, 0.15) is 5.54 Å². The lowest BCUT2D eigenvalue weighted by atomic mass is 10.0. The average molecular weight is 222 g/mol. The zero-order valence-electron chi connectivity index (χ0n) is 8.87. The topological polar surface area (TPSA) is 30.9 Å². The van der Waals surface area contributed by atoms with Crippen molar-refractivity contribution < 1.29 is 8.78 Å². The lowest BCUT2D eigenvalue weighted by Gasteiger charge is -2.13. The number of benzene rings is 1. The molecule has 1 saturated carbocycles. The molecule has 0 spiro atoms. The van der Waals surface area contributed by atoms with Crippen LogP contribution in [0, 0.1) is 0 Å². The number of para-hydroxylation sites is 1. The Labute approximate surface area is 91.7 Å². The van der Waals surface area contributed by atoms with Gasteiger partial charge in [-0.15, -0.1) is 0 Å². The minimum Gasteiger partial charge on any atom is -0.350 e. The van der Waals surface area contributed by atoms with Gasteiger partial charge in [-0.3, -0.25) is 0 Å². The molecule has 0 saturated heterocycles. The van der Waals surface area contributed by atoms with Crippen molar-refractivity contribution in [1.82, 2.24) is 4.57 Å². The Balaban J connectivity index is 2.29. The van der Waals surface area contributed by atoms with Gasteiger partial charge in [0.15, 0.2) is 0 Å². The van der Waals surface area contributed by atoms with Gasteiger partial charge in [0, 0.05) is 25.2 Å². The summed E-state index contributed by atoms with van der Waals surface area (Å²) in [5.74, 6) is -2.77. The lowest BCUT2D eigenvalue weighted by molar-refractivity contribution is 0.0894. The Bertz CT molecular complexity index is 573. The van der Waals surface area contributed by atoms with Crippen LogP contribution in [-0.2, 0) is 12.6 Å². The normalized spacial score (nSPS) is 27.2. The Hall–Kier alpha value is -1.42. The van der Waals surface area contributed by atoms with Crippen molar-refractivity contribution in [2.75, 3.05) is 0 Å². The van der Waals surface area contributed by atoms with Crippen molar-refractivity contribution in [1.29, 1.82) is 0 Å². The van der Waals surface area contributed by atoms with E-state index in [9.17, 15) is 8.78 Å². The van der Waals surface area contributed by atoms with Crippen molar-refractivity contribution in [3.05, 3.63) is 36.0 Å². The van der Waals surface area contributed by atoms with Crippen molar-refractivity contribution in [3.63, 3.8) is 0 Å². The Morgan fingerprint density at radius 2 is 2.00 bits per heavy atom. The zero-order chi connectivity index (χ0) is 11.6. The molecule has 0 radical (unpaired) electrons. The van der Waals surface area contributed by atoms with Crippen LogP contribution in [0.4, 0.5) is 8.78 Å². The van der Waals surface area contributed by atoms with E-state index in [1.807, 2.05) is 29.9 Å². The standard InChI is InChI=1S/C12H12F2N2/c1-16-6-5-8-3-2-4-9(10(8)16)11(15)7-12(11,13)14/h2-6H,7,15H2,1H3. The predicted octanol–water partition coefficient (Wildman–Crippen LogP) is 2.37. The van der Waals surface area contributed by atoms with Gasteiger partial charge in [-0.2, -0.15) is 0 Å². The Morgan fingerprint density at radius 3 is 2.62 bits per heavy atom. The Morgan fingerprint density at radius 1 is 1.31 bits per heavy atom. The van der Waals surface area contributed by atoms with Gasteiger partial charge in [-0.05, 0) is 11.5 Å². The number of halogens is 2. The first-order valence-electron chi connectivity index (χ1n) is 5.17. The highest BCUT2D eigenvalue weighted by molar-refractivity contribution is 5.85. The van der Waals surface area contributed by atoms with Crippen LogP contribution in [0.1, 0.15) is 12.0 Å². The lowest BCUT2D eigenvalue weighted by Crippen LogP contribution is -2.27. The first-order valence-corrected chi connectivity index (χ1v) is 5.17. The molecule has 1 heterocycles. The summed E-state index contributed by atoms with van der Waals surface area (Å²) >= 11 is 0. The summed E-state index contributed by atoms with van der Waals surface area (Å²) in [5.41, 5.74) is 5.65. The number of hydrogen-bond donors (Lipinski definition) is 1. The van der Waals surface area contributed by atoms with Crippen LogP contribution >= 0.6 is 0 Å². The van der Waals surface area contributed by atoms with Crippen LogP contribution in [0.15, 0.2) is 30.5 Å². The molecule has 3 rings (SSSR count). The number of fused-ring (bicyclic) bond motifs is 1. The van der Waals surface area contributed by atoms with Gasteiger partial charge < -0.3 is 10.3 Å². The van der Waals surface area contributed by atoms with E-state index < -0.39 is 11.5 Å². The second kappa shape index (κ2) is 2.63. The van der Waals surface area contributed by atoms with Gasteiger partial charge in [0.05, 0.1) is 5.52 Å². The molecule has 0 bridgehead atoms. The van der Waals surface area contributed by atoms with E-state index in [2.05, 4.69) is 0 Å². The molecule has 1 fully saturated rings. The smallest absolute Gasteiger partial charge is 0.272 e. The second-order valence-electron chi connectivity index (χ2n) is 4.52. The molecule has 0 aliphatic heterocycles. The molecule has 1 atom stereocenters. The first kappa shape index (κ1) is 9.78. The molecule has 16 heavy (non-hydrogen) atoms. The third-order valence-electron chi connectivity index (χ3n) is 3.41. The minimum atomic E-state index is -2.77. The van der Waals surface area contributed by atoms with Gasteiger partial charge in [-0.25, -0.2) is 8.78 Å². The maximum atomic E-state index is 13.3. The predicted molar refractivity (Wildman–Crippen MR) is 58.3 cm³/mol. The van der Waals surface area contributed by atoms with Crippen molar-refractivity contribution >= 4 is 10.9 Å². The molecular formula is C12H12F2N2. The van der Waals surface area contributed by atoms with Gasteiger partial charge in [-0.1, -0.05) is 18.2 Å². The summed E-state index contributed by atoms with van der Waals surface area (Å²) in [6.45, 7) is 0. The fourth-order valence-corrected chi connectivity index (χ4v) is 2.31. The number of nitrogens with two attached hydrogens (primary N) is 1. The summed E-state index contributed by atoms with van der Waals surface area (Å²) < 4.78 is 28.4. The zero-order valence-corrected chi connectivity index (χ0v) is 8.87. The highest BCUT2D eigenvalue weighted by atomic mass is 19.3. The fraction of sp³-hybridized carbons (Fsp3) is 0.333. The third-order valence-corrected chi connectivity index (χ3v) is 3.41. The SMILES string of the molecule is Cn1ccc2cccc(C3(N)CC3(F)F)c21. The van der Waals surface area contributed by atoms with E-state index in [1.165, 1.54) is 0 Å². The number of aryl methyl sites for hydroxylation is 1. The molecule has 2 N–H and O–H groups in total. The quantitative estimate of drug-likeness (QED) is 0.789. The summed E-state index contributed by atoms with van der Waals surface area (Å²) in [4.78, 5) is 0. The Kier molecular flexibility index (Phi) is 1.61. The molecule has 1 aliphatic rings. The molecule has 0 amide bonds. The first-order chi connectivity index (χ1) is 7.46. The molecular weight excluding hydrogens is 210 g/mol. The highest BCUT2D eigenvalue weighted by Gasteiger charge is 2.70. The van der Waals surface area contributed by atoms with Crippen LogP contribution in [0.5, 0.6) is 0 Å². The summed E-state index contributed by atoms with van der Waals surface area (Å²) in [7, 11) is 1.84. The average Bonchev–Trinajstić information content (AvgIpc) is 2.57. The highest BCUT2D eigenvalue weighted by Crippen LogP contribution is 2.58. The number of aromatic nitrogens is 1. The molecule has 1 unspecified atom stereocenters. The molecule has 4 heteroatoms. The molecule has 1 aromatic heterocycles. The van der Waals surface area contributed by atoms with Crippen LogP contribution < -0.4 is 5.73 Å². The number of nitrogens with zero attached hydrogens (tertiary/aromatic N) is 1. The van der Waals surface area contributed by atoms with Crippen LogP contribution in [0.3, 0.4) is 0 Å². The van der Waals surface area contributed by atoms with Gasteiger partial charge >= 0.3 is 0 Å². The summed E-state index contributed by atoms with van der Waals surface area (Å²) in [6.07, 6.45) is 1.60.